The number of non-ortho nitro benzene ring substituents is 1. The van der Waals surface area contributed by atoms with E-state index >= 15 is 0 Å². The van der Waals surface area contributed by atoms with E-state index in [9.17, 15) is 14.9 Å². The molecule has 0 bridgehead atoms. The van der Waals surface area contributed by atoms with Gasteiger partial charge in [0.25, 0.3) is 5.69 Å². The van der Waals surface area contributed by atoms with Gasteiger partial charge in [0.15, 0.2) is 0 Å². The van der Waals surface area contributed by atoms with E-state index < -0.39 is 4.92 Å². The molecule has 0 saturated heterocycles. The largest absolute Gasteiger partial charge is 0.354 e. The Morgan fingerprint density at radius 1 is 1.18 bits per heavy atom. The lowest BCUT2D eigenvalue weighted by Crippen LogP contribution is -2.05. The number of carbonyl (C=O) groups excluding carboxylic acids is 1. The third kappa shape index (κ3) is 2.67. The predicted octanol–water partition coefficient (Wildman–Crippen LogP) is 3.70. The SMILES string of the molecule is CC(=O)Nc1cccc(-c2cc3ccc([N+](=O)[O-])cc3[nH]2)c1. The Morgan fingerprint density at radius 3 is 2.73 bits per heavy atom. The number of benzene rings is 2. The molecule has 0 spiro atoms. The van der Waals surface area contributed by atoms with Crippen molar-refractivity contribution >= 4 is 28.2 Å². The van der Waals surface area contributed by atoms with Gasteiger partial charge >= 0.3 is 0 Å². The van der Waals surface area contributed by atoms with Crippen molar-refractivity contribution in [1.82, 2.24) is 4.98 Å². The first kappa shape index (κ1) is 13.8. The number of nitro groups is 1. The molecule has 3 rings (SSSR count). The molecule has 110 valence electrons. The van der Waals surface area contributed by atoms with Crippen molar-refractivity contribution in [1.29, 1.82) is 0 Å². The van der Waals surface area contributed by atoms with Crippen LogP contribution in [0.3, 0.4) is 0 Å². The van der Waals surface area contributed by atoms with Crippen LogP contribution < -0.4 is 5.32 Å². The molecule has 0 fully saturated rings. The normalized spacial score (nSPS) is 10.6. The lowest BCUT2D eigenvalue weighted by atomic mass is 10.1. The molecule has 0 saturated carbocycles. The molecule has 1 amide bonds. The zero-order valence-corrected chi connectivity index (χ0v) is 11.8. The van der Waals surface area contributed by atoms with Gasteiger partial charge in [0.05, 0.1) is 10.4 Å². The maximum absolute atomic E-state index is 11.1. The average molecular weight is 295 g/mol. The van der Waals surface area contributed by atoms with Gasteiger partial charge in [-0.3, -0.25) is 14.9 Å². The summed E-state index contributed by atoms with van der Waals surface area (Å²) in [5.41, 5.74) is 3.18. The van der Waals surface area contributed by atoms with Crippen LogP contribution in [0.25, 0.3) is 22.2 Å². The fourth-order valence-corrected chi connectivity index (χ4v) is 2.35. The molecule has 6 nitrogen and oxygen atoms in total. The number of rotatable bonds is 3. The van der Waals surface area contributed by atoms with E-state index in [-0.39, 0.29) is 11.6 Å². The predicted molar refractivity (Wildman–Crippen MR) is 84.7 cm³/mol. The minimum absolute atomic E-state index is 0.0490. The lowest BCUT2D eigenvalue weighted by Gasteiger charge is -2.04. The molecular formula is C16H13N3O3. The molecule has 0 unspecified atom stereocenters. The van der Waals surface area contributed by atoms with Crippen LogP contribution in [0, 0.1) is 10.1 Å². The Labute approximate surface area is 125 Å². The Kier molecular flexibility index (Phi) is 3.34. The number of hydrogen-bond donors (Lipinski definition) is 2. The number of fused-ring (bicyclic) bond motifs is 1. The second-order valence-corrected chi connectivity index (χ2v) is 4.97. The van der Waals surface area contributed by atoms with E-state index in [1.165, 1.54) is 19.1 Å². The smallest absolute Gasteiger partial charge is 0.271 e. The van der Waals surface area contributed by atoms with Crippen molar-refractivity contribution in [3.05, 3.63) is 58.6 Å². The highest BCUT2D eigenvalue weighted by molar-refractivity contribution is 5.91. The lowest BCUT2D eigenvalue weighted by molar-refractivity contribution is -0.384. The third-order valence-electron chi connectivity index (χ3n) is 3.31. The van der Waals surface area contributed by atoms with Gasteiger partial charge in [0.1, 0.15) is 0 Å². The summed E-state index contributed by atoms with van der Waals surface area (Å²) in [5.74, 6) is -0.135. The van der Waals surface area contributed by atoms with E-state index in [2.05, 4.69) is 10.3 Å². The van der Waals surface area contributed by atoms with Crippen LogP contribution in [0.4, 0.5) is 11.4 Å². The highest BCUT2D eigenvalue weighted by atomic mass is 16.6. The van der Waals surface area contributed by atoms with Crippen LogP contribution in [-0.2, 0) is 4.79 Å². The second kappa shape index (κ2) is 5.33. The maximum Gasteiger partial charge on any atom is 0.271 e. The fourth-order valence-electron chi connectivity index (χ4n) is 2.35. The molecule has 0 aliphatic carbocycles. The average Bonchev–Trinajstić information content (AvgIpc) is 2.89. The molecule has 0 aliphatic rings. The zero-order valence-electron chi connectivity index (χ0n) is 11.8. The summed E-state index contributed by atoms with van der Waals surface area (Å²) in [6.45, 7) is 1.45. The topological polar surface area (TPSA) is 88.0 Å². The molecule has 0 atom stereocenters. The fraction of sp³-hybridized carbons (Fsp3) is 0.0625. The molecular weight excluding hydrogens is 282 g/mol. The molecule has 2 aromatic carbocycles. The summed E-state index contributed by atoms with van der Waals surface area (Å²) in [7, 11) is 0. The highest BCUT2D eigenvalue weighted by Gasteiger charge is 2.09. The van der Waals surface area contributed by atoms with Crippen LogP contribution in [0.1, 0.15) is 6.92 Å². The van der Waals surface area contributed by atoms with Gasteiger partial charge in [-0.25, -0.2) is 0 Å². The summed E-state index contributed by atoms with van der Waals surface area (Å²) in [4.78, 5) is 24.7. The molecule has 2 N–H and O–H groups in total. The number of nitrogens with one attached hydrogen (secondary N) is 2. The van der Waals surface area contributed by atoms with Gasteiger partial charge < -0.3 is 10.3 Å². The first-order valence-corrected chi connectivity index (χ1v) is 6.68. The first-order valence-electron chi connectivity index (χ1n) is 6.68. The summed E-state index contributed by atoms with van der Waals surface area (Å²) in [5, 5.41) is 14.4. The van der Waals surface area contributed by atoms with Gasteiger partial charge in [-0.1, -0.05) is 12.1 Å². The van der Waals surface area contributed by atoms with Gasteiger partial charge in [0, 0.05) is 41.4 Å². The Balaban J connectivity index is 2.03. The maximum atomic E-state index is 11.1. The number of nitrogens with zero attached hydrogens (tertiary/aromatic N) is 1. The van der Waals surface area contributed by atoms with E-state index in [1.54, 1.807) is 12.1 Å². The van der Waals surface area contributed by atoms with Gasteiger partial charge in [0.2, 0.25) is 5.91 Å². The number of carbonyl (C=O) groups is 1. The quantitative estimate of drug-likeness (QED) is 0.570. The number of anilines is 1. The van der Waals surface area contributed by atoms with E-state index in [1.807, 2.05) is 24.3 Å². The number of aromatic amines is 1. The molecule has 0 radical (unpaired) electrons. The highest BCUT2D eigenvalue weighted by Crippen LogP contribution is 2.28. The van der Waals surface area contributed by atoms with Crippen LogP contribution in [0.5, 0.6) is 0 Å². The third-order valence-corrected chi connectivity index (χ3v) is 3.31. The monoisotopic (exact) mass is 295 g/mol. The number of aromatic nitrogens is 1. The van der Waals surface area contributed by atoms with Crippen LogP contribution in [0.15, 0.2) is 48.5 Å². The minimum Gasteiger partial charge on any atom is -0.354 e. The molecule has 3 aromatic rings. The molecule has 1 heterocycles. The van der Waals surface area contributed by atoms with Crippen LogP contribution in [-0.4, -0.2) is 15.8 Å². The van der Waals surface area contributed by atoms with E-state index in [0.29, 0.717) is 11.2 Å². The van der Waals surface area contributed by atoms with Crippen molar-refractivity contribution in [2.24, 2.45) is 0 Å². The van der Waals surface area contributed by atoms with E-state index in [4.69, 9.17) is 0 Å². The molecule has 0 aliphatic heterocycles. The standard InChI is InChI=1S/C16H13N3O3/c1-10(20)17-13-4-2-3-11(7-13)15-8-12-5-6-14(19(21)22)9-16(12)18-15/h2-9,18H,1H3,(H,17,20). The van der Waals surface area contributed by atoms with E-state index in [0.717, 1.165) is 16.6 Å². The zero-order chi connectivity index (χ0) is 15.7. The number of hydrogen-bond acceptors (Lipinski definition) is 3. The van der Waals surface area contributed by atoms with Crippen molar-refractivity contribution in [2.75, 3.05) is 5.32 Å². The minimum atomic E-state index is -0.419. The first-order chi connectivity index (χ1) is 10.5. The summed E-state index contributed by atoms with van der Waals surface area (Å²) < 4.78 is 0. The van der Waals surface area contributed by atoms with Crippen molar-refractivity contribution in [3.8, 4) is 11.3 Å². The van der Waals surface area contributed by atoms with Crippen LogP contribution in [0.2, 0.25) is 0 Å². The molecule has 6 heteroatoms. The molecule has 22 heavy (non-hydrogen) atoms. The number of amides is 1. The van der Waals surface area contributed by atoms with Gasteiger partial charge in [-0.15, -0.1) is 0 Å². The summed E-state index contributed by atoms with van der Waals surface area (Å²) >= 11 is 0. The Bertz CT molecular complexity index is 883. The Morgan fingerprint density at radius 2 is 2.00 bits per heavy atom. The van der Waals surface area contributed by atoms with Gasteiger partial charge in [-0.05, 0) is 24.3 Å². The van der Waals surface area contributed by atoms with Crippen LogP contribution >= 0.6 is 0 Å². The van der Waals surface area contributed by atoms with Crippen molar-refractivity contribution in [3.63, 3.8) is 0 Å². The number of nitro benzene ring substituents is 1. The second-order valence-electron chi connectivity index (χ2n) is 4.97. The summed E-state index contributed by atoms with van der Waals surface area (Å²) in [6, 6.07) is 14.0. The van der Waals surface area contributed by atoms with Crippen molar-refractivity contribution in [2.45, 2.75) is 6.92 Å². The van der Waals surface area contributed by atoms with Gasteiger partial charge in [-0.2, -0.15) is 0 Å². The number of H-pyrrole nitrogens is 1. The van der Waals surface area contributed by atoms with Crippen molar-refractivity contribution < 1.29 is 9.72 Å². The summed E-state index contributed by atoms with van der Waals surface area (Å²) in [6.07, 6.45) is 0. The molecule has 1 aromatic heterocycles. The Hall–Kier alpha value is -3.15.